The summed E-state index contributed by atoms with van der Waals surface area (Å²) in [5.41, 5.74) is 2.40. The zero-order valence-electron chi connectivity index (χ0n) is 11.7. The molecule has 5 heteroatoms. The molecule has 0 atom stereocenters. The quantitative estimate of drug-likeness (QED) is 0.923. The number of nitrogens with one attached hydrogen (secondary N) is 1. The number of hydrogen-bond acceptors (Lipinski definition) is 3. The van der Waals surface area contributed by atoms with Crippen molar-refractivity contribution in [1.82, 2.24) is 10.2 Å². The lowest BCUT2D eigenvalue weighted by Crippen LogP contribution is -2.07. The zero-order chi connectivity index (χ0) is 14.7. The van der Waals surface area contributed by atoms with E-state index in [-0.39, 0.29) is 0 Å². The van der Waals surface area contributed by atoms with E-state index in [1.165, 1.54) is 12.1 Å². The van der Waals surface area contributed by atoms with Crippen LogP contribution in [-0.4, -0.2) is 10.2 Å². The van der Waals surface area contributed by atoms with Gasteiger partial charge in [-0.15, -0.1) is 5.10 Å². The minimum atomic E-state index is -0.584. The van der Waals surface area contributed by atoms with Crippen LogP contribution >= 0.6 is 0 Å². The summed E-state index contributed by atoms with van der Waals surface area (Å²) in [6.45, 7) is 6.32. The third-order valence-electron chi connectivity index (χ3n) is 2.98. The monoisotopic (exact) mass is 277 g/mol. The minimum Gasteiger partial charge on any atom is -0.364 e. The minimum absolute atomic E-state index is 0.297. The fraction of sp³-hybridized carbons (Fsp3) is 0.333. The average molecular weight is 277 g/mol. The van der Waals surface area contributed by atoms with Gasteiger partial charge >= 0.3 is 0 Å². The number of nitrogens with zero attached hydrogens (tertiary/aromatic N) is 2. The highest BCUT2D eigenvalue weighted by molar-refractivity contribution is 5.43. The molecule has 0 amide bonds. The van der Waals surface area contributed by atoms with Gasteiger partial charge in [0.05, 0.1) is 5.69 Å². The molecule has 0 saturated carbocycles. The first-order valence-corrected chi connectivity index (χ1v) is 6.49. The normalized spacial score (nSPS) is 10.9. The molecular formula is C15H17F2N3. The number of hydrogen-bond donors (Lipinski definition) is 1. The van der Waals surface area contributed by atoms with Crippen molar-refractivity contribution in [3.05, 3.63) is 52.7 Å². The van der Waals surface area contributed by atoms with Crippen LogP contribution < -0.4 is 5.32 Å². The fourth-order valence-electron chi connectivity index (χ4n) is 1.86. The molecule has 3 nitrogen and oxygen atoms in total. The predicted molar refractivity (Wildman–Crippen MR) is 74.5 cm³/mol. The SMILES string of the molecule is Cc1cc(C(C)C)nnc1NCc1cc(F)cc(F)c1. The van der Waals surface area contributed by atoms with Gasteiger partial charge < -0.3 is 5.32 Å². The van der Waals surface area contributed by atoms with Crippen molar-refractivity contribution in [3.63, 3.8) is 0 Å². The summed E-state index contributed by atoms with van der Waals surface area (Å²) in [5.74, 6) is -0.230. The van der Waals surface area contributed by atoms with Gasteiger partial charge in [-0.25, -0.2) is 8.78 Å². The van der Waals surface area contributed by atoms with E-state index in [1.807, 2.05) is 26.8 Å². The fourth-order valence-corrected chi connectivity index (χ4v) is 1.86. The Kier molecular flexibility index (Phi) is 4.27. The van der Waals surface area contributed by atoms with Crippen molar-refractivity contribution in [2.24, 2.45) is 0 Å². The highest BCUT2D eigenvalue weighted by Gasteiger charge is 2.07. The van der Waals surface area contributed by atoms with Crippen LogP contribution in [0.15, 0.2) is 24.3 Å². The molecule has 1 aromatic carbocycles. The Balaban J connectivity index is 2.11. The van der Waals surface area contributed by atoms with Crippen LogP contribution in [0.2, 0.25) is 0 Å². The van der Waals surface area contributed by atoms with Crippen LogP contribution in [0.4, 0.5) is 14.6 Å². The molecule has 106 valence electrons. The summed E-state index contributed by atoms with van der Waals surface area (Å²) in [5, 5.41) is 11.3. The Labute approximate surface area is 117 Å². The first-order chi connectivity index (χ1) is 9.45. The summed E-state index contributed by atoms with van der Waals surface area (Å²) in [6, 6.07) is 5.40. The van der Waals surface area contributed by atoms with E-state index in [0.717, 1.165) is 17.3 Å². The second-order valence-electron chi connectivity index (χ2n) is 5.09. The van der Waals surface area contributed by atoms with E-state index < -0.39 is 11.6 Å². The molecule has 0 saturated heterocycles. The molecule has 1 N–H and O–H groups in total. The maximum Gasteiger partial charge on any atom is 0.151 e. The highest BCUT2D eigenvalue weighted by atomic mass is 19.1. The molecule has 0 unspecified atom stereocenters. The van der Waals surface area contributed by atoms with E-state index in [0.29, 0.717) is 23.8 Å². The van der Waals surface area contributed by atoms with Gasteiger partial charge in [0.25, 0.3) is 0 Å². The maximum absolute atomic E-state index is 13.1. The first kappa shape index (κ1) is 14.4. The lowest BCUT2D eigenvalue weighted by Gasteiger charge is -2.10. The van der Waals surface area contributed by atoms with Crippen LogP contribution in [0.25, 0.3) is 0 Å². The maximum atomic E-state index is 13.1. The van der Waals surface area contributed by atoms with Crippen molar-refractivity contribution >= 4 is 5.82 Å². The van der Waals surface area contributed by atoms with Crippen molar-refractivity contribution in [1.29, 1.82) is 0 Å². The van der Waals surface area contributed by atoms with Crippen LogP contribution in [0.1, 0.15) is 36.6 Å². The van der Waals surface area contributed by atoms with Gasteiger partial charge in [0.15, 0.2) is 5.82 Å². The second-order valence-corrected chi connectivity index (χ2v) is 5.09. The topological polar surface area (TPSA) is 37.8 Å². The smallest absolute Gasteiger partial charge is 0.151 e. The lowest BCUT2D eigenvalue weighted by molar-refractivity contribution is 0.580. The average Bonchev–Trinajstić information content (AvgIpc) is 2.36. The molecule has 0 bridgehead atoms. The molecule has 2 rings (SSSR count). The van der Waals surface area contributed by atoms with Gasteiger partial charge in [-0.05, 0) is 42.2 Å². The van der Waals surface area contributed by atoms with Gasteiger partial charge in [0, 0.05) is 12.6 Å². The summed E-state index contributed by atoms with van der Waals surface area (Å²) >= 11 is 0. The molecule has 0 spiro atoms. The number of benzene rings is 1. The van der Waals surface area contributed by atoms with Gasteiger partial charge in [-0.1, -0.05) is 13.8 Å². The van der Waals surface area contributed by atoms with E-state index in [2.05, 4.69) is 15.5 Å². The molecule has 2 aromatic rings. The predicted octanol–water partition coefficient (Wildman–Crippen LogP) is 3.80. The number of anilines is 1. The summed E-state index contributed by atoms with van der Waals surface area (Å²) in [4.78, 5) is 0. The van der Waals surface area contributed by atoms with Crippen LogP contribution in [-0.2, 0) is 6.54 Å². The van der Waals surface area contributed by atoms with E-state index >= 15 is 0 Å². The molecule has 1 heterocycles. The number of aromatic nitrogens is 2. The molecule has 0 aliphatic rings. The lowest BCUT2D eigenvalue weighted by atomic mass is 10.1. The van der Waals surface area contributed by atoms with Crippen LogP contribution in [0.5, 0.6) is 0 Å². The Hall–Kier alpha value is -2.04. The third-order valence-corrected chi connectivity index (χ3v) is 2.98. The molecule has 0 aliphatic heterocycles. The molecule has 20 heavy (non-hydrogen) atoms. The second kappa shape index (κ2) is 5.94. The molecular weight excluding hydrogens is 260 g/mol. The molecule has 0 aliphatic carbocycles. The molecule has 0 radical (unpaired) electrons. The van der Waals surface area contributed by atoms with Crippen molar-refractivity contribution in [2.45, 2.75) is 33.2 Å². The number of rotatable bonds is 4. The van der Waals surface area contributed by atoms with Crippen LogP contribution in [0.3, 0.4) is 0 Å². The van der Waals surface area contributed by atoms with Gasteiger partial charge in [0.2, 0.25) is 0 Å². The largest absolute Gasteiger partial charge is 0.364 e. The van der Waals surface area contributed by atoms with Gasteiger partial charge in [0.1, 0.15) is 11.6 Å². The Morgan fingerprint density at radius 2 is 1.70 bits per heavy atom. The van der Waals surface area contributed by atoms with Gasteiger partial charge in [-0.3, -0.25) is 0 Å². The highest BCUT2D eigenvalue weighted by Crippen LogP contribution is 2.17. The molecule has 0 fully saturated rings. The summed E-state index contributed by atoms with van der Waals surface area (Å²) in [6.07, 6.45) is 0. The van der Waals surface area contributed by atoms with Crippen molar-refractivity contribution in [2.75, 3.05) is 5.32 Å². The zero-order valence-corrected chi connectivity index (χ0v) is 11.7. The summed E-state index contributed by atoms with van der Waals surface area (Å²) < 4.78 is 26.2. The number of aryl methyl sites for hydroxylation is 1. The van der Waals surface area contributed by atoms with Crippen molar-refractivity contribution in [3.8, 4) is 0 Å². The Bertz CT molecular complexity index is 592. The Morgan fingerprint density at radius 3 is 2.25 bits per heavy atom. The van der Waals surface area contributed by atoms with Crippen LogP contribution in [0, 0.1) is 18.6 Å². The Morgan fingerprint density at radius 1 is 1.05 bits per heavy atom. The standard InChI is InChI=1S/C15H17F2N3/c1-9(2)14-4-10(3)15(20-19-14)18-8-11-5-12(16)7-13(17)6-11/h4-7,9H,8H2,1-3H3,(H,18,20). The van der Waals surface area contributed by atoms with E-state index in [9.17, 15) is 8.78 Å². The third kappa shape index (κ3) is 3.50. The summed E-state index contributed by atoms with van der Waals surface area (Å²) in [7, 11) is 0. The molecule has 1 aromatic heterocycles. The van der Waals surface area contributed by atoms with E-state index in [4.69, 9.17) is 0 Å². The first-order valence-electron chi connectivity index (χ1n) is 6.49. The van der Waals surface area contributed by atoms with Gasteiger partial charge in [-0.2, -0.15) is 5.10 Å². The van der Waals surface area contributed by atoms with Crippen molar-refractivity contribution < 1.29 is 8.78 Å². The van der Waals surface area contributed by atoms with E-state index in [1.54, 1.807) is 0 Å². The number of halogens is 2.